The van der Waals surface area contributed by atoms with Crippen LogP contribution in [-0.2, 0) is 11.3 Å². The lowest BCUT2D eigenvalue weighted by molar-refractivity contribution is 0.0166. The van der Waals surface area contributed by atoms with Crippen molar-refractivity contribution in [3.63, 3.8) is 0 Å². The number of pyridine rings is 1. The van der Waals surface area contributed by atoms with E-state index in [0.717, 1.165) is 44.8 Å². The van der Waals surface area contributed by atoms with Gasteiger partial charge >= 0.3 is 6.09 Å². The molecule has 0 saturated carbocycles. The number of piperidine rings is 1. The summed E-state index contributed by atoms with van der Waals surface area (Å²) in [6.45, 7) is 8.97. The first-order valence-electron chi connectivity index (χ1n) is 9.05. The number of rotatable bonds is 5. The summed E-state index contributed by atoms with van der Waals surface area (Å²) in [5.41, 5.74) is 0.735. The van der Waals surface area contributed by atoms with Crippen LogP contribution in [0.3, 0.4) is 0 Å². The Labute approximate surface area is 151 Å². The van der Waals surface area contributed by atoms with Gasteiger partial charge in [0, 0.05) is 39.9 Å². The molecule has 1 aliphatic rings. The normalized spacial score (nSPS) is 18.1. The Morgan fingerprint density at radius 3 is 2.76 bits per heavy atom. The van der Waals surface area contributed by atoms with Crippen molar-refractivity contribution in [2.45, 2.75) is 45.8 Å². The summed E-state index contributed by atoms with van der Waals surface area (Å²) in [6.07, 6.45) is 3.89. The fraction of sp³-hybridized carbons (Fsp3) is 0.684. The minimum Gasteiger partial charge on any atom is -0.444 e. The summed E-state index contributed by atoms with van der Waals surface area (Å²) in [5.74, 6) is 1.43. The Hall–Kier alpha value is -1.82. The predicted molar refractivity (Wildman–Crippen MR) is 101 cm³/mol. The number of hydrogen-bond donors (Lipinski definition) is 1. The second-order valence-electron chi connectivity index (χ2n) is 7.98. The van der Waals surface area contributed by atoms with Crippen LogP contribution in [0.1, 0.15) is 39.2 Å². The molecule has 6 nitrogen and oxygen atoms in total. The van der Waals surface area contributed by atoms with E-state index in [1.807, 2.05) is 56.9 Å². The molecule has 1 amide bonds. The standard InChI is InChI=1S/C19H32N4O2/c1-19(2,3)25-18(24)23-10-6-7-16(14-23)12-20-11-15-8-9-17(21-13-15)22(4)5/h8-9,13,16,20H,6-7,10-12,14H2,1-5H3/t16-/m1/s1. The number of nitrogens with zero attached hydrogens (tertiary/aromatic N) is 3. The average Bonchev–Trinajstić information content (AvgIpc) is 2.54. The first-order valence-corrected chi connectivity index (χ1v) is 9.05. The van der Waals surface area contributed by atoms with Crippen LogP contribution in [0.2, 0.25) is 0 Å². The van der Waals surface area contributed by atoms with Gasteiger partial charge in [-0.05, 0) is 57.7 Å². The summed E-state index contributed by atoms with van der Waals surface area (Å²) in [4.78, 5) is 20.5. The Bertz CT molecular complexity index is 552. The third kappa shape index (κ3) is 6.53. The van der Waals surface area contributed by atoms with E-state index in [0.29, 0.717) is 5.92 Å². The summed E-state index contributed by atoms with van der Waals surface area (Å²) < 4.78 is 5.48. The van der Waals surface area contributed by atoms with Crippen LogP contribution in [-0.4, -0.2) is 55.3 Å². The Morgan fingerprint density at radius 1 is 1.40 bits per heavy atom. The highest BCUT2D eigenvalue weighted by Crippen LogP contribution is 2.19. The average molecular weight is 348 g/mol. The number of hydrogen-bond acceptors (Lipinski definition) is 5. The minimum atomic E-state index is -0.437. The van der Waals surface area contributed by atoms with Crippen LogP contribution < -0.4 is 10.2 Å². The summed E-state index contributed by atoms with van der Waals surface area (Å²) >= 11 is 0. The van der Waals surface area contributed by atoms with Crippen LogP contribution >= 0.6 is 0 Å². The van der Waals surface area contributed by atoms with Crippen molar-refractivity contribution in [2.75, 3.05) is 38.6 Å². The van der Waals surface area contributed by atoms with Gasteiger partial charge in [0.25, 0.3) is 0 Å². The number of ether oxygens (including phenoxy) is 1. The highest BCUT2D eigenvalue weighted by molar-refractivity contribution is 5.68. The van der Waals surface area contributed by atoms with E-state index >= 15 is 0 Å². The van der Waals surface area contributed by atoms with E-state index in [2.05, 4.69) is 16.4 Å². The number of likely N-dealkylation sites (tertiary alicyclic amines) is 1. The number of carbonyl (C=O) groups is 1. The lowest BCUT2D eigenvalue weighted by Crippen LogP contribution is -2.45. The second-order valence-corrected chi connectivity index (χ2v) is 7.98. The molecule has 1 aromatic heterocycles. The molecule has 6 heteroatoms. The monoisotopic (exact) mass is 348 g/mol. The molecule has 0 radical (unpaired) electrons. The molecule has 1 N–H and O–H groups in total. The number of aromatic nitrogens is 1. The molecule has 140 valence electrons. The maximum absolute atomic E-state index is 12.2. The molecule has 1 atom stereocenters. The van der Waals surface area contributed by atoms with Crippen molar-refractivity contribution in [1.29, 1.82) is 0 Å². The Morgan fingerprint density at radius 2 is 2.16 bits per heavy atom. The van der Waals surface area contributed by atoms with Crippen molar-refractivity contribution >= 4 is 11.9 Å². The van der Waals surface area contributed by atoms with Crippen molar-refractivity contribution in [1.82, 2.24) is 15.2 Å². The van der Waals surface area contributed by atoms with Crippen molar-refractivity contribution in [3.8, 4) is 0 Å². The zero-order valence-electron chi connectivity index (χ0n) is 16.2. The van der Waals surface area contributed by atoms with Gasteiger partial charge in [-0.15, -0.1) is 0 Å². The van der Waals surface area contributed by atoms with Crippen LogP contribution in [0.15, 0.2) is 18.3 Å². The van der Waals surface area contributed by atoms with Crippen molar-refractivity contribution < 1.29 is 9.53 Å². The highest BCUT2D eigenvalue weighted by Gasteiger charge is 2.27. The topological polar surface area (TPSA) is 57.7 Å². The summed E-state index contributed by atoms with van der Waals surface area (Å²) in [6, 6.07) is 4.13. The summed E-state index contributed by atoms with van der Waals surface area (Å²) in [5, 5.41) is 3.50. The Kier molecular flexibility index (Phi) is 6.64. The quantitative estimate of drug-likeness (QED) is 0.887. The lowest BCUT2D eigenvalue weighted by Gasteiger charge is -2.34. The maximum Gasteiger partial charge on any atom is 0.410 e. The molecule has 1 aromatic rings. The molecule has 0 aromatic carbocycles. The van der Waals surface area contributed by atoms with E-state index in [1.165, 1.54) is 5.56 Å². The van der Waals surface area contributed by atoms with Gasteiger partial charge in [-0.25, -0.2) is 9.78 Å². The van der Waals surface area contributed by atoms with Crippen molar-refractivity contribution in [3.05, 3.63) is 23.9 Å². The first kappa shape index (κ1) is 19.5. The zero-order valence-corrected chi connectivity index (χ0v) is 16.2. The number of nitrogens with one attached hydrogen (secondary N) is 1. The SMILES string of the molecule is CN(C)c1ccc(CNC[C@H]2CCCN(C(=O)OC(C)(C)C)C2)cn1. The molecule has 0 unspecified atom stereocenters. The fourth-order valence-electron chi connectivity index (χ4n) is 2.93. The van der Waals surface area contributed by atoms with Gasteiger partial charge in [0.2, 0.25) is 0 Å². The van der Waals surface area contributed by atoms with Gasteiger partial charge in [0.05, 0.1) is 0 Å². The van der Waals surface area contributed by atoms with E-state index in [9.17, 15) is 4.79 Å². The van der Waals surface area contributed by atoms with E-state index < -0.39 is 5.60 Å². The minimum absolute atomic E-state index is 0.194. The highest BCUT2D eigenvalue weighted by atomic mass is 16.6. The van der Waals surface area contributed by atoms with Crippen LogP contribution in [0.5, 0.6) is 0 Å². The molecular formula is C19H32N4O2. The van der Waals surface area contributed by atoms with Gasteiger partial charge in [0.1, 0.15) is 11.4 Å². The molecule has 0 aliphatic carbocycles. The Balaban J connectivity index is 1.76. The van der Waals surface area contributed by atoms with Gasteiger partial charge in [-0.3, -0.25) is 0 Å². The molecule has 0 spiro atoms. The molecule has 2 heterocycles. The molecule has 1 aliphatic heterocycles. The van der Waals surface area contributed by atoms with Gasteiger partial charge in [-0.1, -0.05) is 6.07 Å². The first-order chi connectivity index (χ1) is 11.7. The van der Waals surface area contributed by atoms with E-state index in [-0.39, 0.29) is 6.09 Å². The van der Waals surface area contributed by atoms with Gasteiger partial charge in [-0.2, -0.15) is 0 Å². The third-order valence-electron chi connectivity index (χ3n) is 4.20. The number of amides is 1. The maximum atomic E-state index is 12.2. The van der Waals surface area contributed by atoms with Crippen LogP contribution in [0, 0.1) is 5.92 Å². The van der Waals surface area contributed by atoms with E-state index in [4.69, 9.17) is 4.74 Å². The predicted octanol–water partition coefficient (Wildman–Crippen LogP) is 2.88. The molecule has 0 bridgehead atoms. The third-order valence-corrected chi connectivity index (χ3v) is 4.20. The van der Waals surface area contributed by atoms with Crippen LogP contribution in [0.25, 0.3) is 0 Å². The lowest BCUT2D eigenvalue weighted by atomic mass is 9.98. The largest absolute Gasteiger partial charge is 0.444 e. The van der Waals surface area contributed by atoms with E-state index in [1.54, 1.807) is 0 Å². The van der Waals surface area contributed by atoms with Gasteiger partial charge < -0.3 is 19.9 Å². The zero-order chi connectivity index (χ0) is 18.4. The molecule has 2 rings (SSSR count). The molecule has 1 fully saturated rings. The molecule has 25 heavy (non-hydrogen) atoms. The van der Waals surface area contributed by atoms with Gasteiger partial charge in [0.15, 0.2) is 0 Å². The molecule has 1 saturated heterocycles. The smallest absolute Gasteiger partial charge is 0.410 e. The summed E-state index contributed by atoms with van der Waals surface area (Å²) in [7, 11) is 3.97. The molecular weight excluding hydrogens is 316 g/mol. The number of anilines is 1. The van der Waals surface area contributed by atoms with Crippen LogP contribution in [0.4, 0.5) is 10.6 Å². The number of carbonyl (C=O) groups excluding carboxylic acids is 1. The van der Waals surface area contributed by atoms with Crippen molar-refractivity contribution in [2.24, 2.45) is 5.92 Å². The fourth-order valence-corrected chi connectivity index (χ4v) is 2.93. The second kappa shape index (κ2) is 8.52.